The summed E-state index contributed by atoms with van der Waals surface area (Å²) in [6.45, 7) is 8.41. The molecule has 0 amide bonds. The van der Waals surface area contributed by atoms with Gasteiger partial charge in [-0.3, -0.25) is 4.99 Å². The fourth-order valence-electron chi connectivity index (χ4n) is 1.71. The van der Waals surface area contributed by atoms with Crippen LogP contribution < -0.4 is 16.8 Å². The molecule has 0 saturated heterocycles. The number of nitrogens with zero attached hydrogens (tertiary/aromatic N) is 1. The third kappa shape index (κ3) is 9.53. The average Bonchev–Trinajstić information content (AvgIpc) is 2.11. The highest BCUT2D eigenvalue weighted by Crippen LogP contribution is 2.09. The average molecular weight is 214 g/mol. The summed E-state index contributed by atoms with van der Waals surface area (Å²) in [4.78, 5) is 3.98. The van der Waals surface area contributed by atoms with Crippen molar-refractivity contribution in [3.8, 4) is 0 Å². The lowest BCUT2D eigenvalue weighted by atomic mass is 10.00. The van der Waals surface area contributed by atoms with E-state index in [4.69, 9.17) is 11.5 Å². The van der Waals surface area contributed by atoms with Crippen LogP contribution in [-0.4, -0.2) is 25.1 Å². The standard InChI is InChI=1S/C11H26N4/c1-4-14-10(8-9(2)3)6-5-7-15-11(12)13/h9-10,14H,4-8H2,1-3H3,(H4,12,13,15)/t10-/m0/s1. The molecular weight excluding hydrogens is 188 g/mol. The lowest BCUT2D eigenvalue weighted by Gasteiger charge is -2.19. The molecule has 0 aliphatic carbocycles. The van der Waals surface area contributed by atoms with Gasteiger partial charge >= 0.3 is 0 Å². The summed E-state index contributed by atoms with van der Waals surface area (Å²) < 4.78 is 0. The molecule has 0 bridgehead atoms. The molecule has 4 nitrogen and oxygen atoms in total. The summed E-state index contributed by atoms with van der Waals surface area (Å²) in [7, 11) is 0. The highest BCUT2D eigenvalue weighted by atomic mass is 15.0. The van der Waals surface area contributed by atoms with E-state index in [0.717, 1.165) is 31.8 Å². The van der Waals surface area contributed by atoms with Gasteiger partial charge in [-0.2, -0.15) is 0 Å². The molecule has 0 aromatic heterocycles. The molecule has 0 radical (unpaired) electrons. The third-order valence-corrected chi connectivity index (χ3v) is 2.25. The van der Waals surface area contributed by atoms with Crippen molar-refractivity contribution >= 4 is 5.96 Å². The molecule has 1 atom stereocenters. The number of aliphatic imine (C=N–C) groups is 1. The van der Waals surface area contributed by atoms with Crippen LogP contribution in [0.3, 0.4) is 0 Å². The second-order valence-corrected chi connectivity index (χ2v) is 4.33. The summed E-state index contributed by atoms with van der Waals surface area (Å²) in [6, 6.07) is 0.601. The van der Waals surface area contributed by atoms with Gasteiger partial charge in [-0.25, -0.2) is 0 Å². The lowest BCUT2D eigenvalue weighted by Crippen LogP contribution is -2.30. The van der Waals surface area contributed by atoms with Crippen LogP contribution in [0.1, 0.15) is 40.0 Å². The number of hydrogen-bond acceptors (Lipinski definition) is 2. The Labute approximate surface area is 93.5 Å². The van der Waals surface area contributed by atoms with Gasteiger partial charge in [0, 0.05) is 12.6 Å². The van der Waals surface area contributed by atoms with Crippen LogP contribution in [0.15, 0.2) is 4.99 Å². The molecule has 0 unspecified atom stereocenters. The maximum atomic E-state index is 5.26. The number of nitrogens with two attached hydrogens (primary N) is 2. The van der Waals surface area contributed by atoms with Crippen molar-refractivity contribution in [2.75, 3.05) is 13.1 Å². The highest BCUT2D eigenvalue weighted by Gasteiger charge is 2.08. The quantitative estimate of drug-likeness (QED) is 0.321. The van der Waals surface area contributed by atoms with Crippen LogP contribution in [0.2, 0.25) is 0 Å². The molecule has 15 heavy (non-hydrogen) atoms. The van der Waals surface area contributed by atoms with Gasteiger partial charge in [0.2, 0.25) is 0 Å². The fourth-order valence-corrected chi connectivity index (χ4v) is 1.71. The van der Waals surface area contributed by atoms with E-state index in [-0.39, 0.29) is 5.96 Å². The van der Waals surface area contributed by atoms with Crippen LogP contribution in [0.25, 0.3) is 0 Å². The van der Waals surface area contributed by atoms with Gasteiger partial charge in [0.15, 0.2) is 5.96 Å². The van der Waals surface area contributed by atoms with Gasteiger partial charge in [0.25, 0.3) is 0 Å². The molecule has 0 aromatic rings. The molecule has 5 N–H and O–H groups in total. The van der Waals surface area contributed by atoms with Crippen molar-refractivity contribution in [1.29, 1.82) is 0 Å². The number of nitrogens with one attached hydrogen (secondary N) is 1. The Balaban J connectivity index is 3.70. The Kier molecular flexibility index (Phi) is 8.09. The topological polar surface area (TPSA) is 76.4 Å². The van der Waals surface area contributed by atoms with E-state index < -0.39 is 0 Å². The van der Waals surface area contributed by atoms with Gasteiger partial charge in [-0.1, -0.05) is 20.8 Å². The molecule has 0 fully saturated rings. The van der Waals surface area contributed by atoms with E-state index in [1.165, 1.54) is 6.42 Å². The maximum absolute atomic E-state index is 5.26. The second-order valence-electron chi connectivity index (χ2n) is 4.33. The smallest absolute Gasteiger partial charge is 0.185 e. The van der Waals surface area contributed by atoms with Crippen molar-refractivity contribution in [3.63, 3.8) is 0 Å². The minimum absolute atomic E-state index is 0.193. The highest BCUT2D eigenvalue weighted by molar-refractivity contribution is 5.75. The van der Waals surface area contributed by atoms with Crippen LogP contribution in [0.5, 0.6) is 0 Å². The van der Waals surface area contributed by atoms with Gasteiger partial charge in [0.05, 0.1) is 0 Å². The predicted molar refractivity (Wildman–Crippen MR) is 66.8 cm³/mol. The molecule has 0 rings (SSSR count). The SMILES string of the molecule is CCN[C@@H](CCCN=C(N)N)CC(C)C. The Morgan fingerprint density at radius 1 is 1.33 bits per heavy atom. The summed E-state index contributed by atoms with van der Waals surface area (Å²) in [5, 5.41) is 3.49. The molecule has 0 spiro atoms. The van der Waals surface area contributed by atoms with Crippen LogP contribution in [0, 0.1) is 5.92 Å². The zero-order valence-corrected chi connectivity index (χ0v) is 10.3. The Bertz CT molecular complexity index is 173. The monoisotopic (exact) mass is 214 g/mol. The first-order chi connectivity index (χ1) is 7.06. The van der Waals surface area contributed by atoms with Crippen LogP contribution >= 0.6 is 0 Å². The molecular formula is C11H26N4. The zero-order chi connectivity index (χ0) is 11.7. The van der Waals surface area contributed by atoms with Crippen molar-refractivity contribution in [3.05, 3.63) is 0 Å². The molecule has 0 aliphatic rings. The Morgan fingerprint density at radius 2 is 2.00 bits per heavy atom. The van der Waals surface area contributed by atoms with Gasteiger partial charge < -0.3 is 16.8 Å². The molecule has 90 valence electrons. The van der Waals surface area contributed by atoms with E-state index in [1.54, 1.807) is 0 Å². The van der Waals surface area contributed by atoms with E-state index >= 15 is 0 Å². The van der Waals surface area contributed by atoms with Gasteiger partial charge in [0.1, 0.15) is 0 Å². The summed E-state index contributed by atoms with van der Waals surface area (Å²) in [5.74, 6) is 0.927. The first-order valence-electron chi connectivity index (χ1n) is 5.85. The van der Waals surface area contributed by atoms with Crippen molar-refractivity contribution in [2.45, 2.75) is 46.1 Å². The van der Waals surface area contributed by atoms with Crippen LogP contribution in [-0.2, 0) is 0 Å². The van der Waals surface area contributed by atoms with Gasteiger partial charge in [-0.15, -0.1) is 0 Å². The van der Waals surface area contributed by atoms with Crippen molar-refractivity contribution in [2.24, 2.45) is 22.4 Å². The first-order valence-corrected chi connectivity index (χ1v) is 5.85. The first kappa shape index (κ1) is 14.2. The second kappa shape index (κ2) is 8.53. The number of guanidine groups is 1. The summed E-state index contributed by atoms with van der Waals surface area (Å²) in [5.41, 5.74) is 10.5. The largest absolute Gasteiger partial charge is 0.370 e. The summed E-state index contributed by atoms with van der Waals surface area (Å²) in [6.07, 6.45) is 3.40. The molecule has 0 heterocycles. The molecule has 0 aromatic carbocycles. The van der Waals surface area contributed by atoms with Crippen molar-refractivity contribution in [1.82, 2.24) is 5.32 Å². The van der Waals surface area contributed by atoms with E-state index in [2.05, 4.69) is 31.1 Å². The Morgan fingerprint density at radius 3 is 2.47 bits per heavy atom. The van der Waals surface area contributed by atoms with E-state index in [0.29, 0.717) is 6.04 Å². The lowest BCUT2D eigenvalue weighted by molar-refractivity contribution is 0.399. The molecule has 0 aliphatic heterocycles. The normalized spacial score (nSPS) is 12.8. The van der Waals surface area contributed by atoms with E-state index in [1.807, 2.05) is 0 Å². The minimum Gasteiger partial charge on any atom is -0.370 e. The number of rotatable bonds is 8. The Hall–Kier alpha value is -0.770. The zero-order valence-electron chi connectivity index (χ0n) is 10.3. The fraction of sp³-hybridized carbons (Fsp3) is 0.909. The van der Waals surface area contributed by atoms with Crippen LogP contribution in [0.4, 0.5) is 0 Å². The third-order valence-electron chi connectivity index (χ3n) is 2.25. The summed E-state index contributed by atoms with van der Waals surface area (Å²) >= 11 is 0. The minimum atomic E-state index is 0.193. The predicted octanol–water partition coefficient (Wildman–Crippen LogP) is 1.06. The number of hydrogen-bond donors (Lipinski definition) is 3. The maximum Gasteiger partial charge on any atom is 0.185 e. The van der Waals surface area contributed by atoms with E-state index in [9.17, 15) is 0 Å². The van der Waals surface area contributed by atoms with Crippen molar-refractivity contribution < 1.29 is 0 Å². The molecule has 0 saturated carbocycles. The van der Waals surface area contributed by atoms with Gasteiger partial charge in [-0.05, 0) is 31.7 Å². The molecule has 4 heteroatoms.